The highest BCUT2D eigenvalue weighted by Gasteiger charge is 2.32. The summed E-state index contributed by atoms with van der Waals surface area (Å²) in [7, 11) is 3.39. The molecular weight excluding hydrogens is 1110 g/mol. The molecule has 0 saturated carbocycles. The first kappa shape index (κ1) is 62.7. The Morgan fingerprint density at radius 2 is 0.556 bits per heavy atom. The average molecular weight is 1210 g/mol. The second kappa shape index (κ2) is 29.2. The molecule has 13 aromatic rings. The minimum atomic E-state index is -0.153. The van der Waals surface area contributed by atoms with Gasteiger partial charge in [-0.3, -0.25) is 0 Å². The van der Waals surface area contributed by atoms with Crippen molar-refractivity contribution in [2.24, 2.45) is 0 Å². The first-order valence-electron chi connectivity index (χ1n) is 35.3. The lowest BCUT2D eigenvalue weighted by molar-refractivity contribution is -0.0144. The average Bonchev–Trinajstić information content (AvgIpc) is 0.646. The number of benzene rings is 13. The van der Waals surface area contributed by atoms with Gasteiger partial charge in [0.15, 0.2) is 0 Å². The van der Waals surface area contributed by atoms with Crippen molar-refractivity contribution in [1.29, 1.82) is 0 Å². The fourth-order valence-corrected chi connectivity index (χ4v) is 15.9. The molecule has 0 aliphatic carbocycles. The SMILES string of the molecule is CCCCCCCCCCCCc1cc2c3cccc4c5cc(OC[C@@H](C)OCCOCCOC)cc6c7cc(OC[C@@H](C)OCCOCCOC)cc8c9cccc%10c%11cc(CCCCCCCCCCCC)cc%12c(c1)c2c1c(c34)c(c56)c(c87)c(c%109)c1c%11%12. The smallest absolute Gasteiger partial charge is 0.120 e. The molecule has 2 atom stereocenters. The topological polar surface area (TPSA) is 73.8 Å². The predicted octanol–water partition coefficient (Wildman–Crippen LogP) is 22.0. The maximum Gasteiger partial charge on any atom is 0.120 e. The van der Waals surface area contributed by atoms with Crippen LogP contribution in [0.2, 0.25) is 0 Å². The highest BCUT2D eigenvalue weighted by atomic mass is 16.6. The van der Waals surface area contributed by atoms with Crippen LogP contribution in [0.4, 0.5) is 0 Å². The third-order valence-corrected chi connectivity index (χ3v) is 20.2. The number of ether oxygens (including phenoxy) is 8. The van der Waals surface area contributed by atoms with Gasteiger partial charge in [0.05, 0.1) is 65.1 Å². The zero-order chi connectivity index (χ0) is 61.5. The van der Waals surface area contributed by atoms with Gasteiger partial charge in [0, 0.05) is 14.2 Å². The van der Waals surface area contributed by atoms with E-state index < -0.39 is 0 Å². The Hall–Kier alpha value is -6.10. The van der Waals surface area contributed by atoms with E-state index >= 15 is 0 Å². The third kappa shape index (κ3) is 12.4. The van der Waals surface area contributed by atoms with Crippen molar-refractivity contribution >= 4 is 129 Å². The Bertz CT molecular complexity index is 4110. The van der Waals surface area contributed by atoms with Gasteiger partial charge >= 0.3 is 0 Å². The van der Waals surface area contributed by atoms with Crippen LogP contribution in [-0.4, -0.2) is 92.5 Å². The van der Waals surface area contributed by atoms with Gasteiger partial charge in [-0.2, -0.15) is 0 Å². The van der Waals surface area contributed by atoms with E-state index in [-0.39, 0.29) is 12.2 Å². The summed E-state index contributed by atoms with van der Waals surface area (Å²) in [5.41, 5.74) is 2.94. The first-order valence-corrected chi connectivity index (χ1v) is 35.3. The predicted molar refractivity (Wildman–Crippen MR) is 382 cm³/mol. The summed E-state index contributed by atoms with van der Waals surface area (Å²) in [4.78, 5) is 0. The highest BCUT2D eigenvalue weighted by molar-refractivity contribution is 6.61. The number of hydrogen-bond donors (Lipinski definition) is 0. The Labute approximate surface area is 533 Å². The van der Waals surface area contributed by atoms with Gasteiger partial charge in [-0.25, -0.2) is 0 Å². The van der Waals surface area contributed by atoms with E-state index in [4.69, 9.17) is 37.9 Å². The van der Waals surface area contributed by atoms with E-state index in [1.807, 2.05) is 0 Å². The summed E-state index contributed by atoms with van der Waals surface area (Å²) >= 11 is 0. The van der Waals surface area contributed by atoms with Crippen molar-refractivity contribution in [1.82, 2.24) is 0 Å². The molecule has 474 valence electrons. The molecule has 0 bridgehead atoms. The summed E-state index contributed by atoms with van der Waals surface area (Å²) in [6, 6.07) is 34.3. The van der Waals surface area contributed by atoms with E-state index in [1.54, 1.807) is 14.2 Å². The van der Waals surface area contributed by atoms with Crippen LogP contribution in [-0.2, 0) is 41.3 Å². The summed E-state index contributed by atoms with van der Waals surface area (Å²) in [5, 5.41) is 32.3. The normalized spacial score (nSPS) is 13.5. The maximum atomic E-state index is 6.95. The van der Waals surface area contributed by atoms with Gasteiger partial charge in [0.1, 0.15) is 24.7 Å². The fourth-order valence-electron chi connectivity index (χ4n) is 15.9. The second-order valence-corrected chi connectivity index (χ2v) is 26.7. The van der Waals surface area contributed by atoms with Crippen molar-refractivity contribution in [2.75, 3.05) is 80.3 Å². The molecule has 0 radical (unpaired) electrons. The van der Waals surface area contributed by atoms with Gasteiger partial charge in [0.2, 0.25) is 0 Å². The van der Waals surface area contributed by atoms with Gasteiger partial charge in [-0.1, -0.05) is 190 Å². The van der Waals surface area contributed by atoms with E-state index in [1.165, 1.54) is 269 Å². The van der Waals surface area contributed by atoms with Crippen molar-refractivity contribution in [3.8, 4) is 11.5 Å². The molecule has 0 amide bonds. The Morgan fingerprint density at radius 3 is 0.878 bits per heavy atom. The van der Waals surface area contributed by atoms with Crippen LogP contribution in [0.25, 0.3) is 129 Å². The van der Waals surface area contributed by atoms with Crippen molar-refractivity contribution < 1.29 is 37.9 Å². The molecule has 0 fully saturated rings. The minimum absolute atomic E-state index is 0.153. The maximum absolute atomic E-state index is 6.95. The number of unbranched alkanes of at least 4 members (excludes halogenated alkanes) is 18. The zero-order valence-corrected chi connectivity index (χ0v) is 55.1. The first-order chi connectivity index (χ1) is 44.4. The molecule has 8 nitrogen and oxygen atoms in total. The van der Waals surface area contributed by atoms with Gasteiger partial charge < -0.3 is 37.9 Å². The van der Waals surface area contributed by atoms with E-state index in [9.17, 15) is 0 Å². The molecule has 13 aromatic carbocycles. The number of fused-ring (bicyclic) bond motifs is 6. The Morgan fingerprint density at radius 1 is 0.289 bits per heavy atom. The van der Waals surface area contributed by atoms with Crippen LogP contribution in [0, 0.1) is 0 Å². The minimum Gasteiger partial charge on any atom is -0.491 e. The van der Waals surface area contributed by atoms with Gasteiger partial charge in [0.25, 0.3) is 0 Å². The molecule has 8 heteroatoms. The molecule has 0 unspecified atom stereocenters. The number of rotatable bonds is 42. The summed E-state index contributed by atoms with van der Waals surface area (Å²) < 4.78 is 48.3. The van der Waals surface area contributed by atoms with Gasteiger partial charge in [-0.05, 0) is 204 Å². The quantitative estimate of drug-likeness (QED) is 0.0213. The molecule has 0 saturated heterocycles. The lowest BCUT2D eigenvalue weighted by atomic mass is 9.73. The van der Waals surface area contributed by atoms with Crippen molar-refractivity contribution in [3.05, 3.63) is 96.1 Å². The summed E-state index contributed by atoms with van der Waals surface area (Å²) in [6.45, 7) is 13.8. The largest absolute Gasteiger partial charge is 0.491 e. The van der Waals surface area contributed by atoms with Gasteiger partial charge in [-0.15, -0.1) is 0 Å². The molecule has 90 heavy (non-hydrogen) atoms. The highest BCUT2D eigenvalue weighted by Crippen LogP contribution is 2.61. The van der Waals surface area contributed by atoms with E-state index in [0.29, 0.717) is 66.1 Å². The standard InChI is InChI=1S/C82H98O8/c1-7-9-11-13-15-17-19-21-23-25-29-55-43-63-59-31-27-33-61-67-47-57(89-51-53(3)87-41-39-85-37-35-83-5)49-69-70-50-58(90-52-54(4)88-42-40-86-38-36-84-6)48-68-62-34-28-32-60-64-44-56(30-26-24-22-20-18-16-14-12-10-8-2)46-66-65(45-55)73(63)79-77(71(59)61)81(75(67)69)82(76(68)70)78(72(60)62)80(79)74(64)66/h27-28,31-34,43-50,53-54H,7-26,29-30,35-42,51-52H2,1-6H3/t53-,54-/m1/s1. The molecule has 0 spiro atoms. The van der Waals surface area contributed by atoms with Crippen LogP contribution in [0.5, 0.6) is 11.5 Å². The summed E-state index contributed by atoms with van der Waals surface area (Å²) in [6.07, 6.45) is 28.6. The van der Waals surface area contributed by atoms with Crippen LogP contribution < -0.4 is 9.47 Å². The second-order valence-electron chi connectivity index (χ2n) is 26.7. The van der Waals surface area contributed by atoms with Crippen LogP contribution >= 0.6 is 0 Å². The van der Waals surface area contributed by atoms with Crippen LogP contribution in [0.15, 0.2) is 84.9 Å². The molecule has 0 aromatic heterocycles. The van der Waals surface area contributed by atoms with Crippen molar-refractivity contribution in [2.45, 2.75) is 181 Å². The molecule has 13 rings (SSSR count). The third-order valence-electron chi connectivity index (χ3n) is 20.2. The lowest BCUT2D eigenvalue weighted by Crippen LogP contribution is -2.21. The summed E-state index contributed by atoms with van der Waals surface area (Å²) in [5.74, 6) is 1.66. The van der Waals surface area contributed by atoms with Crippen LogP contribution in [0.3, 0.4) is 0 Å². The Balaban J connectivity index is 0.997. The van der Waals surface area contributed by atoms with Crippen molar-refractivity contribution in [3.63, 3.8) is 0 Å². The lowest BCUT2D eigenvalue weighted by Gasteiger charge is -2.30. The molecule has 0 N–H and O–H groups in total. The van der Waals surface area contributed by atoms with Crippen LogP contribution in [0.1, 0.15) is 167 Å². The number of aryl methyl sites for hydroxylation is 2. The molecular formula is C82H98O8. The zero-order valence-electron chi connectivity index (χ0n) is 55.1. The van der Waals surface area contributed by atoms with E-state index in [2.05, 4.69) is 113 Å². The number of hydrogen-bond acceptors (Lipinski definition) is 8. The Kier molecular flexibility index (Phi) is 20.4. The number of methoxy groups -OCH3 is 2. The molecule has 0 aliphatic rings. The fraction of sp³-hybridized carbons (Fsp3) is 0.488. The molecule has 0 aliphatic heterocycles. The monoisotopic (exact) mass is 1210 g/mol. The van der Waals surface area contributed by atoms with E-state index in [0.717, 1.165) is 24.3 Å². The molecule has 0 heterocycles.